The van der Waals surface area contributed by atoms with Gasteiger partial charge in [0.25, 0.3) is 0 Å². The van der Waals surface area contributed by atoms with Crippen LogP contribution in [0.2, 0.25) is 0 Å². The number of thioether (sulfide) groups is 1. The lowest BCUT2D eigenvalue weighted by molar-refractivity contribution is 0.0454. The van der Waals surface area contributed by atoms with E-state index in [0.29, 0.717) is 61.4 Å². The van der Waals surface area contributed by atoms with E-state index in [-0.39, 0.29) is 19.6 Å². The quantitative estimate of drug-likeness (QED) is 0.0253. The molecular weight excluding hydrogens is 813 g/mol. The third-order valence-electron chi connectivity index (χ3n) is 9.80. The van der Waals surface area contributed by atoms with Gasteiger partial charge in [0.05, 0.1) is 34.5 Å². The smallest absolute Gasteiger partial charge is 0.342 e. The van der Waals surface area contributed by atoms with Crippen molar-refractivity contribution in [1.29, 1.82) is 0 Å². The second kappa shape index (κ2) is 26.0. The summed E-state index contributed by atoms with van der Waals surface area (Å²) in [6, 6.07) is 33.4. The highest BCUT2D eigenvalue weighted by molar-refractivity contribution is 7.98. The van der Waals surface area contributed by atoms with Gasteiger partial charge in [-0.1, -0.05) is 54.6 Å². The maximum absolute atomic E-state index is 12.8. The molecule has 1 aliphatic rings. The van der Waals surface area contributed by atoms with E-state index < -0.39 is 5.97 Å². The molecule has 0 spiro atoms. The van der Waals surface area contributed by atoms with Crippen LogP contribution in [0.4, 0.5) is 0 Å². The molecule has 0 atom stereocenters. The van der Waals surface area contributed by atoms with Crippen molar-refractivity contribution in [1.82, 2.24) is 0 Å². The molecule has 0 fully saturated rings. The third kappa shape index (κ3) is 14.2. The van der Waals surface area contributed by atoms with Crippen molar-refractivity contribution in [3.63, 3.8) is 0 Å². The van der Waals surface area contributed by atoms with Crippen molar-refractivity contribution in [3.05, 3.63) is 148 Å². The first kappa shape index (κ1) is 47.5. The maximum Gasteiger partial charge on any atom is 0.342 e. The van der Waals surface area contributed by atoms with Crippen molar-refractivity contribution < 1.29 is 57.0 Å². The van der Waals surface area contributed by atoms with E-state index in [1.54, 1.807) is 46.3 Å². The Morgan fingerprint density at radius 1 is 0.645 bits per heavy atom. The standard InChI is InChI=1S/C28H32O6S.C21H24O6/c1-30-20-34-26-16-13-22(8-7-17-33-18-21-11-14-23(31-2)15-12-21)25(27(26)28(29)32-3)19-35-24-9-5-4-6-10-24;1-23-14-27-19-10-7-16(18-13-26-21(22)20(18)19)4-3-11-25-12-15-5-8-17(24-2)9-6-15/h4-6,9-16H,7-8,17-20H2,1-3H3;5-10H,3-4,11-14H2,1-2H3. The number of carbonyl (C=O) groups is 2. The minimum absolute atomic E-state index is 0.0494. The molecule has 1 aliphatic heterocycles. The molecule has 13 heteroatoms. The summed E-state index contributed by atoms with van der Waals surface area (Å²) in [6.45, 7) is 2.78. The lowest BCUT2D eigenvalue weighted by Gasteiger charge is -2.18. The van der Waals surface area contributed by atoms with Gasteiger partial charge in [-0.3, -0.25) is 0 Å². The van der Waals surface area contributed by atoms with Crippen LogP contribution in [0.1, 0.15) is 66.9 Å². The Balaban J connectivity index is 0.000000242. The second-order valence-electron chi connectivity index (χ2n) is 13.9. The van der Waals surface area contributed by atoms with E-state index in [9.17, 15) is 9.59 Å². The number of methoxy groups -OCH3 is 5. The molecule has 0 N–H and O–H groups in total. The monoisotopic (exact) mass is 868 g/mol. The Morgan fingerprint density at radius 3 is 1.76 bits per heavy atom. The highest BCUT2D eigenvalue weighted by Crippen LogP contribution is 2.34. The van der Waals surface area contributed by atoms with Crippen molar-refractivity contribution in [3.8, 4) is 23.0 Å². The molecule has 0 unspecified atom stereocenters. The molecule has 6 rings (SSSR count). The Bertz CT molecular complexity index is 2120. The number of carbonyl (C=O) groups excluding carboxylic acids is 2. The summed E-state index contributed by atoms with van der Waals surface area (Å²) in [6.07, 6.45) is 3.25. The lowest BCUT2D eigenvalue weighted by Crippen LogP contribution is -2.13. The molecule has 62 heavy (non-hydrogen) atoms. The normalized spacial score (nSPS) is 11.5. The van der Waals surface area contributed by atoms with Crippen LogP contribution in [-0.2, 0) is 66.8 Å². The Hall–Kier alpha value is -5.57. The number of hydrogen-bond acceptors (Lipinski definition) is 13. The number of esters is 2. The fourth-order valence-corrected chi connectivity index (χ4v) is 7.60. The van der Waals surface area contributed by atoms with E-state index in [2.05, 4.69) is 12.1 Å². The molecule has 0 bridgehead atoms. The van der Waals surface area contributed by atoms with Gasteiger partial charge in [0, 0.05) is 43.6 Å². The third-order valence-corrected chi connectivity index (χ3v) is 10.8. The molecule has 0 aromatic heterocycles. The zero-order valence-electron chi connectivity index (χ0n) is 36.1. The molecule has 1 heterocycles. The highest BCUT2D eigenvalue weighted by Gasteiger charge is 2.28. The van der Waals surface area contributed by atoms with Crippen LogP contribution in [0, 0.1) is 0 Å². The van der Waals surface area contributed by atoms with E-state index >= 15 is 0 Å². The Kier molecular flexibility index (Phi) is 19.9. The summed E-state index contributed by atoms with van der Waals surface area (Å²) >= 11 is 1.67. The number of aryl methyl sites for hydroxylation is 2. The second-order valence-corrected chi connectivity index (χ2v) is 15.0. The molecule has 5 aromatic rings. The van der Waals surface area contributed by atoms with Crippen LogP contribution >= 0.6 is 11.8 Å². The van der Waals surface area contributed by atoms with Crippen molar-refractivity contribution in [2.24, 2.45) is 0 Å². The van der Waals surface area contributed by atoms with Gasteiger partial charge in [-0.25, -0.2) is 9.59 Å². The first-order valence-corrected chi connectivity index (χ1v) is 21.2. The largest absolute Gasteiger partial charge is 0.497 e. The summed E-state index contributed by atoms with van der Waals surface area (Å²) in [5.41, 5.74) is 7.15. The van der Waals surface area contributed by atoms with Crippen molar-refractivity contribution in [2.75, 3.05) is 62.3 Å². The van der Waals surface area contributed by atoms with Gasteiger partial charge in [-0.05, 0) is 102 Å². The molecule has 5 aromatic carbocycles. The summed E-state index contributed by atoms with van der Waals surface area (Å²) in [4.78, 5) is 25.9. The maximum atomic E-state index is 12.8. The van der Waals surface area contributed by atoms with Gasteiger partial charge < -0.3 is 47.4 Å². The fourth-order valence-electron chi connectivity index (χ4n) is 6.61. The fraction of sp³-hybridized carbons (Fsp3) is 0.347. The number of hydrogen-bond donors (Lipinski definition) is 0. The number of cyclic esters (lactones) is 1. The average molecular weight is 869 g/mol. The Labute approximate surface area is 368 Å². The van der Waals surface area contributed by atoms with Gasteiger partial charge in [0.2, 0.25) is 0 Å². The van der Waals surface area contributed by atoms with Crippen LogP contribution in [0.25, 0.3) is 0 Å². The predicted octanol–water partition coefficient (Wildman–Crippen LogP) is 9.40. The van der Waals surface area contributed by atoms with E-state index in [1.165, 1.54) is 7.11 Å². The minimum atomic E-state index is -0.419. The van der Waals surface area contributed by atoms with E-state index in [1.807, 2.05) is 84.9 Å². The molecular formula is C49H56O12S. The average Bonchev–Trinajstić information content (AvgIpc) is 3.72. The first-order valence-electron chi connectivity index (χ1n) is 20.3. The van der Waals surface area contributed by atoms with Gasteiger partial charge >= 0.3 is 11.9 Å². The van der Waals surface area contributed by atoms with Crippen LogP contribution in [0.15, 0.2) is 108 Å². The number of ether oxygens (including phenoxy) is 10. The van der Waals surface area contributed by atoms with Crippen molar-refractivity contribution in [2.45, 2.75) is 56.2 Å². The predicted molar refractivity (Wildman–Crippen MR) is 236 cm³/mol. The van der Waals surface area contributed by atoms with Crippen LogP contribution in [-0.4, -0.2) is 74.3 Å². The minimum Gasteiger partial charge on any atom is -0.497 e. The molecule has 0 saturated carbocycles. The van der Waals surface area contributed by atoms with Crippen molar-refractivity contribution >= 4 is 23.7 Å². The topological polar surface area (TPSA) is 126 Å². The van der Waals surface area contributed by atoms with Gasteiger partial charge in [-0.2, -0.15) is 0 Å². The summed E-state index contributed by atoms with van der Waals surface area (Å²) < 4.78 is 53.4. The summed E-state index contributed by atoms with van der Waals surface area (Å²) in [5.74, 6) is 2.49. The lowest BCUT2D eigenvalue weighted by atomic mass is 9.98. The SMILES string of the molecule is COCOc1ccc(CCCOCc2ccc(OC)cc2)c(CSc2ccccc2)c1C(=O)OC.COCOc1ccc(CCCOCc2ccc(OC)cc2)c2c1C(=O)OC2. The molecule has 330 valence electrons. The molecule has 0 saturated heterocycles. The van der Waals surface area contributed by atoms with Crippen LogP contribution in [0.5, 0.6) is 23.0 Å². The first-order chi connectivity index (χ1) is 30.4. The van der Waals surface area contributed by atoms with Gasteiger partial charge in [0.15, 0.2) is 13.6 Å². The van der Waals surface area contributed by atoms with Crippen LogP contribution in [0.3, 0.4) is 0 Å². The van der Waals surface area contributed by atoms with Crippen LogP contribution < -0.4 is 18.9 Å². The number of benzene rings is 5. The van der Waals surface area contributed by atoms with E-state index in [4.69, 9.17) is 47.4 Å². The zero-order chi connectivity index (χ0) is 43.9. The Morgan fingerprint density at radius 2 is 1.19 bits per heavy atom. The van der Waals surface area contributed by atoms with E-state index in [0.717, 1.165) is 75.5 Å². The van der Waals surface area contributed by atoms with Gasteiger partial charge in [0.1, 0.15) is 40.7 Å². The summed E-state index contributed by atoms with van der Waals surface area (Å²) in [5, 5.41) is 0. The molecule has 0 radical (unpaired) electrons. The molecule has 0 amide bonds. The highest BCUT2D eigenvalue weighted by atomic mass is 32.2. The molecule has 0 aliphatic carbocycles. The summed E-state index contributed by atoms with van der Waals surface area (Å²) in [7, 11) is 7.77. The number of rotatable bonds is 24. The van der Waals surface area contributed by atoms with Gasteiger partial charge in [-0.15, -0.1) is 11.8 Å². The molecule has 12 nitrogen and oxygen atoms in total. The number of fused-ring (bicyclic) bond motifs is 1. The zero-order valence-corrected chi connectivity index (χ0v) is 36.9.